The van der Waals surface area contributed by atoms with Gasteiger partial charge in [-0.3, -0.25) is 0 Å². The van der Waals surface area contributed by atoms with Crippen LogP contribution in [0.1, 0.15) is 20.3 Å². The van der Waals surface area contributed by atoms with Gasteiger partial charge in [0.05, 0.1) is 0 Å². The van der Waals surface area contributed by atoms with Crippen LogP contribution < -0.4 is 5.73 Å². The van der Waals surface area contributed by atoms with E-state index in [1.54, 1.807) is 0 Å². The summed E-state index contributed by atoms with van der Waals surface area (Å²) in [5, 5.41) is 0. The van der Waals surface area contributed by atoms with E-state index in [0.29, 0.717) is 6.54 Å². The molecule has 0 bridgehead atoms. The van der Waals surface area contributed by atoms with Crippen molar-refractivity contribution in [1.82, 2.24) is 0 Å². The van der Waals surface area contributed by atoms with Crippen molar-refractivity contribution in [3.05, 3.63) is 0 Å². The molecule has 0 fully saturated rings. The molecule has 0 aliphatic heterocycles. The third-order valence-corrected chi connectivity index (χ3v) is 1.84. The highest BCUT2D eigenvalue weighted by molar-refractivity contribution is 5.23. The van der Waals surface area contributed by atoms with Crippen molar-refractivity contribution < 1.29 is 0 Å². The van der Waals surface area contributed by atoms with Crippen molar-refractivity contribution in [2.75, 3.05) is 13.1 Å². The Morgan fingerprint density at radius 2 is 2.22 bits per heavy atom. The lowest BCUT2D eigenvalue weighted by Crippen LogP contribution is -2.29. The molecule has 0 aliphatic rings. The number of rotatable bonds is 4. The van der Waals surface area contributed by atoms with Gasteiger partial charge in [-0.25, -0.2) is 0 Å². The third-order valence-electron chi connectivity index (χ3n) is 1.84. The minimum atomic E-state index is 0.182. The van der Waals surface area contributed by atoms with Gasteiger partial charge in [0, 0.05) is 6.54 Å². The maximum atomic E-state index is 5.52. The number of hydrogen-bond donors (Lipinski definition) is 1. The smallest absolute Gasteiger partial charge is 0.0447 e. The molecule has 2 N–H and O–H groups in total. The lowest BCUT2D eigenvalue weighted by Gasteiger charge is -2.23. The van der Waals surface area contributed by atoms with Gasteiger partial charge in [0.25, 0.3) is 0 Å². The summed E-state index contributed by atoms with van der Waals surface area (Å²) in [6, 6.07) is 0. The van der Waals surface area contributed by atoms with Crippen molar-refractivity contribution in [2.45, 2.75) is 20.3 Å². The Bertz CT molecular complexity index is 84.9. The van der Waals surface area contributed by atoms with E-state index in [1.165, 1.54) is 0 Å². The SMILES string of the molecule is C=NCC(C)(CC)CN. The first-order valence-electron chi connectivity index (χ1n) is 3.31. The molecule has 0 radical (unpaired) electrons. The highest BCUT2D eigenvalue weighted by Crippen LogP contribution is 2.18. The van der Waals surface area contributed by atoms with Gasteiger partial charge < -0.3 is 10.7 Å². The molecule has 0 aliphatic carbocycles. The van der Waals surface area contributed by atoms with Gasteiger partial charge in [-0.2, -0.15) is 0 Å². The Hall–Kier alpha value is -0.370. The summed E-state index contributed by atoms with van der Waals surface area (Å²) in [6.07, 6.45) is 1.07. The van der Waals surface area contributed by atoms with Crippen LogP contribution in [0.4, 0.5) is 0 Å². The lowest BCUT2D eigenvalue weighted by atomic mass is 9.88. The summed E-state index contributed by atoms with van der Waals surface area (Å²) in [7, 11) is 0. The summed E-state index contributed by atoms with van der Waals surface area (Å²) in [5.74, 6) is 0. The average Bonchev–Trinajstić information content (AvgIpc) is 1.89. The van der Waals surface area contributed by atoms with E-state index in [9.17, 15) is 0 Å². The molecule has 0 amide bonds. The van der Waals surface area contributed by atoms with Crippen LogP contribution in [0.5, 0.6) is 0 Å². The molecule has 0 spiro atoms. The number of aliphatic imine (C=N–C) groups is 1. The van der Waals surface area contributed by atoms with Gasteiger partial charge in [-0.05, 0) is 25.1 Å². The van der Waals surface area contributed by atoms with E-state index in [2.05, 4.69) is 25.6 Å². The number of nitrogens with zero attached hydrogens (tertiary/aromatic N) is 1. The van der Waals surface area contributed by atoms with E-state index in [1.807, 2.05) is 0 Å². The fourth-order valence-corrected chi connectivity index (χ4v) is 0.591. The molecular formula is C7H16N2. The van der Waals surface area contributed by atoms with Crippen LogP contribution >= 0.6 is 0 Å². The second-order valence-electron chi connectivity index (χ2n) is 2.75. The van der Waals surface area contributed by atoms with E-state index in [4.69, 9.17) is 5.73 Å². The first kappa shape index (κ1) is 8.63. The minimum absolute atomic E-state index is 0.182. The minimum Gasteiger partial charge on any atom is -0.330 e. The van der Waals surface area contributed by atoms with E-state index in [0.717, 1.165) is 13.0 Å². The maximum absolute atomic E-state index is 5.52. The summed E-state index contributed by atoms with van der Waals surface area (Å²) in [6.45, 7) is 9.16. The van der Waals surface area contributed by atoms with E-state index in [-0.39, 0.29) is 5.41 Å². The number of hydrogen-bond acceptors (Lipinski definition) is 2. The van der Waals surface area contributed by atoms with Gasteiger partial charge >= 0.3 is 0 Å². The summed E-state index contributed by atoms with van der Waals surface area (Å²) in [5.41, 5.74) is 5.70. The molecule has 54 valence electrons. The predicted molar refractivity (Wildman–Crippen MR) is 41.9 cm³/mol. The second-order valence-corrected chi connectivity index (χ2v) is 2.75. The van der Waals surface area contributed by atoms with Crippen LogP contribution in [0, 0.1) is 5.41 Å². The topological polar surface area (TPSA) is 38.4 Å². The van der Waals surface area contributed by atoms with Crippen LogP contribution in [0.25, 0.3) is 0 Å². The normalized spacial score (nSPS) is 16.8. The molecule has 2 nitrogen and oxygen atoms in total. The molecule has 0 saturated carbocycles. The summed E-state index contributed by atoms with van der Waals surface area (Å²) < 4.78 is 0. The Kier molecular flexibility index (Phi) is 3.47. The fourth-order valence-electron chi connectivity index (χ4n) is 0.591. The van der Waals surface area contributed by atoms with Crippen molar-refractivity contribution in [3.8, 4) is 0 Å². The molecule has 0 saturated heterocycles. The average molecular weight is 128 g/mol. The van der Waals surface area contributed by atoms with Crippen LogP contribution in [0.3, 0.4) is 0 Å². The molecule has 0 aromatic carbocycles. The Labute approximate surface area is 57.2 Å². The third kappa shape index (κ3) is 2.61. The van der Waals surface area contributed by atoms with Gasteiger partial charge in [0.1, 0.15) is 0 Å². The highest BCUT2D eigenvalue weighted by Gasteiger charge is 2.17. The second kappa shape index (κ2) is 3.62. The van der Waals surface area contributed by atoms with Gasteiger partial charge in [-0.15, -0.1) is 0 Å². The lowest BCUT2D eigenvalue weighted by molar-refractivity contribution is 0.337. The predicted octanol–water partition coefficient (Wildman–Crippen LogP) is 1.06. The Morgan fingerprint density at radius 3 is 2.33 bits per heavy atom. The molecule has 2 heteroatoms. The Balaban J connectivity index is 3.75. The largest absolute Gasteiger partial charge is 0.330 e. The standard InChI is InChI=1S/C7H16N2/c1-4-7(2,5-8)6-9-3/h3-6,8H2,1-2H3. The molecule has 0 heterocycles. The molecule has 1 atom stereocenters. The molecule has 0 rings (SSSR count). The van der Waals surface area contributed by atoms with Crippen LogP contribution in [-0.4, -0.2) is 19.8 Å². The maximum Gasteiger partial charge on any atom is 0.0447 e. The van der Waals surface area contributed by atoms with Crippen molar-refractivity contribution in [3.63, 3.8) is 0 Å². The zero-order valence-corrected chi connectivity index (χ0v) is 6.35. The highest BCUT2D eigenvalue weighted by atomic mass is 14.7. The zero-order chi connectivity index (χ0) is 7.33. The van der Waals surface area contributed by atoms with Crippen molar-refractivity contribution >= 4 is 6.72 Å². The van der Waals surface area contributed by atoms with Crippen LogP contribution in [0.15, 0.2) is 4.99 Å². The summed E-state index contributed by atoms with van der Waals surface area (Å²) >= 11 is 0. The van der Waals surface area contributed by atoms with Gasteiger partial charge in [-0.1, -0.05) is 13.8 Å². The molecule has 0 aromatic heterocycles. The molecular weight excluding hydrogens is 112 g/mol. The first-order chi connectivity index (χ1) is 4.18. The quantitative estimate of drug-likeness (QED) is 0.565. The fraction of sp³-hybridized carbons (Fsp3) is 0.857. The van der Waals surface area contributed by atoms with Gasteiger partial charge in [0.2, 0.25) is 0 Å². The first-order valence-corrected chi connectivity index (χ1v) is 3.31. The van der Waals surface area contributed by atoms with E-state index < -0.39 is 0 Å². The van der Waals surface area contributed by atoms with Crippen LogP contribution in [0.2, 0.25) is 0 Å². The summed E-state index contributed by atoms with van der Waals surface area (Å²) in [4.78, 5) is 3.82. The monoisotopic (exact) mass is 128 g/mol. The molecule has 1 unspecified atom stereocenters. The van der Waals surface area contributed by atoms with Crippen LogP contribution in [-0.2, 0) is 0 Å². The zero-order valence-electron chi connectivity index (χ0n) is 6.35. The van der Waals surface area contributed by atoms with E-state index >= 15 is 0 Å². The number of nitrogens with two attached hydrogens (primary N) is 1. The molecule has 9 heavy (non-hydrogen) atoms. The van der Waals surface area contributed by atoms with Crippen molar-refractivity contribution in [1.29, 1.82) is 0 Å². The Morgan fingerprint density at radius 1 is 1.67 bits per heavy atom. The molecule has 0 aromatic rings. The van der Waals surface area contributed by atoms with Crippen molar-refractivity contribution in [2.24, 2.45) is 16.1 Å². The van der Waals surface area contributed by atoms with Gasteiger partial charge in [0.15, 0.2) is 0 Å².